The molecule has 8 nitrogen and oxygen atoms in total. The number of benzene rings is 2. The number of ketones is 1. The second-order valence-corrected chi connectivity index (χ2v) is 6.35. The summed E-state index contributed by atoms with van der Waals surface area (Å²) < 4.78 is 0. The molecule has 0 unspecified atom stereocenters. The molecule has 26 heavy (non-hydrogen) atoms. The minimum Gasteiger partial charge on any atom is -0.302 e. The largest absolute Gasteiger partial charge is 0.302 e. The van der Waals surface area contributed by atoms with E-state index in [0.717, 1.165) is 11.1 Å². The van der Waals surface area contributed by atoms with Crippen LogP contribution < -0.4 is 5.32 Å². The molecule has 8 heteroatoms. The first kappa shape index (κ1) is 17.7. The van der Waals surface area contributed by atoms with Crippen molar-refractivity contribution in [1.82, 2.24) is 5.32 Å². The number of nitrogens with zero attached hydrogens (tertiary/aromatic N) is 2. The first-order valence-corrected chi connectivity index (χ1v) is 8.14. The molecule has 1 aliphatic heterocycles. The van der Waals surface area contributed by atoms with Crippen LogP contribution >= 0.6 is 0 Å². The summed E-state index contributed by atoms with van der Waals surface area (Å²) in [5.41, 5.74) is 1.58. The maximum atomic E-state index is 12.5. The summed E-state index contributed by atoms with van der Waals surface area (Å²) in [7, 11) is 0. The number of nitro groups is 2. The van der Waals surface area contributed by atoms with E-state index in [1.54, 1.807) is 24.3 Å². The Bertz CT molecular complexity index is 848. The van der Waals surface area contributed by atoms with Crippen LogP contribution in [0.1, 0.15) is 36.6 Å². The Hall–Kier alpha value is -3.13. The number of hydrogen-bond acceptors (Lipinski definition) is 6. The molecule has 0 radical (unpaired) electrons. The highest BCUT2D eigenvalue weighted by Gasteiger charge is 2.35. The van der Waals surface area contributed by atoms with Crippen molar-refractivity contribution in [3.05, 3.63) is 79.9 Å². The van der Waals surface area contributed by atoms with E-state index in [2.05, 4.69) is 5.32 Å². The van der Waals surface area contributed by atoms with Crippen LogP contribution in [0.4, 0.5) is 11.4 Å². The minimum absolute atomic E-state index is 0.00354. The Morgan fingerprint density at radius 2 is 1.35 bits per heavy atom. The minimum atomic E-state index is -0.467. The van der Waals surface area contributed by atoms with Gasteiger partial charge >= 0.3 is 0 Å². The summed E-state index contributed by atoms with van der Waals surface area (Å²) in [6.07, 6.45) is 0.294. The van der Waals surface area contributed by atoms with E-state index < -0.39 is 9.85 Å². The lowest BCUT2D eigenvalue weighted by molar-refractivity contribution is -0.385. The zero-order valence-electron chi connectivity index (χ0n) is 14.0. The van der Waals surface area contributed by atoms with Gasteiger partial charge in [-0.05, 0) is 11.1 Å². The maximum absolute atomic E-state index is 12.5. The number of rotatable bonds is 4. The van der Waals surface area contributed by atoms with Crippen LogP contribution in [-0.4, -0.2) is 15.6 Å². The molecule has 3 atom stereocenters. The molecule has 0 bridgehead atoms. The topological polar surface area (TPSA) is 115 Å². The van der Waals surface area contributed by atoms with Crippen molar-refractivity contribution in [1.29, 1.82) is 0 Å². The lowest BCUT2D eigenvalue weighted by atomic mass is 9.82. The van der Waals surface area contributed by atoms with Crippen LogP contribution in [-0.2, 0) is 4.79 Å². The van der Waals surface area contributed by atoms with Crippen molar-refractivity contribution in [3.8, 4) is 0 Å². The van der Waals surface area contributed by atoms with E-state index in [4.69, 9.17) is 0 Å². The van der Waals surface area contributed by atoms with Crippen LogP contribution in [0.3, 0.4) is 0 Å². The Labute approximate surface area is 149 Å². The number of carbonyl (C=O) groups excluding carboxylic acids is 1. The average Bonchev–Trinajstić information content (AvgIpc) is 2.64. The fraction of sp³-hybridized carbons (Fsp3) is 0.278. The highest BCUT2D eigenvalue weighted by molar-refractivity contribution is 5.83. The van der Waals surface area contributed by atoms with E-state index in [-0.39, 0.29) is 35.2 Å². The van der Waals surface area contributed by atoms with Crippen molar-refractivity contribution in [2.24, 2.45) is 5.92 Å². The molecule has 0 saturated carbocycles. The summed E-state index contributed by atoms with van der Waals surface area (Å²) in [5, 5.41) is 25.0. The number of non-ortho nitro benzene ring substituents is 2. The third-order valence-corrected chi connectivity index (χ3v) is 4.76. The lowest BCUT2D eigenvalue weighted by Gasteiger charge is -2.35. The molecule has 0 amide bonds. The zero-order chi connectivity index (χ0) is 18.8. The van der Waals surface area contributed by atoms with Gasteiger partial charge in [-0.15, -0.1) is 0 Å². The molecule has 1 fully saturated rings. The van der Waals surface area contributed by atoms with Crippen LogP contribution in [0.15, 0.2) is 48.5 Å². The quantitative estimate of drug-likeness (QED) is 0.663. The van der Waals surface area contributed by atoms with Gasteiger partial charge in [0.25, 0.3) is 11.4 Å². The number of hydrogen-bond donors (Lipinski definition) is 1. The van der Waals surface area contributed by atoms with Crippen molar-refractivity contribution < 1.29 is 14.6 Å². The second-order valence-electron chi connectivity index (χ2n) is 6.35. The van der Waals surface area contributed by atoms with Gasteiger partial charge in [-0.3, -0.25) is 25.0 Å². The Balaban J connectivity index is 1.85. The summed E-state index contributed by atoms with van der Waals surface area (Å²) in [4.78, 5) is 33.1. The Kier molecular flexibility index (Phi) is 4.77. The van der Waals surface area contributed by atoms with Crippen LogP contribution in [0.25, 0.3) is 0 Å². The molecule has 0 aliphatic carbocycles. The van der Waals surface area contributed by atoms with Crippen LogP contribution in [0.5, 0.6) is 0 Å². The third kappa shape index (κ3) is 3.45. The average molecular weight is 355 g/mol. The van der Waals surface area contributed by atoms with Gasteiger partial charge < -0.3 is 5.32 Å². The zero-order valence-corrected chi connectivity index (χ0v) is 14.0. The molecule has 1 saturated heterocycles. The number of Topliss-reactive ketones (excluding diaryl/α,β-unsaturated/α-hetero) is 1. The van der Waals surface area contributed by atoms with E-state index in [9.17, 15) is 25.0 Å². The number of nitrogens with one attached hydrogen (secondary N) is 1. The van der Waals surface area contributed by atoms with Crippen molar-refractivity contribution in [2.75, 3.05) is 0 Å². The molecule has 3 rings (SSSR count). The van der Waals surface area contributed by atoms with Crippen LogP contribution in [0, 0.1) is 26.1 Å². The van der Waals surface area contributed by atoms with Gasteiger partial charge in [0.05, 0.1) is 9.85 Å². The predicted octanol–water partition coefficient (Wildman–Crippen LogP) is 3.48. The molecule has 0 aromatic heterocycles. The number of carbonyl (C=O) groups is 1. The monoisotopic (exact) mass is 355 g/mol. The molecule has 0 spiro atoms. The Morgan fingerprint density at radius 3 is 1.81 bits per heavy atom. The van der Waals surface area contributed by atoms with E-state index in [1.165, 1.54) is 24.3 Å². The summed E-state index contributed by atoms with van der Waals surface area (Å²) in [5.74, 6) is -0.193. The fourth-order valence-corrected chi connectivity index (χ4v) is 3.22. The third-order valence-electron chi connectivity index (χ3n) is 4.76. The molecule has 1 aliphatic rings. The van der Waals surface area contributed by atoms with E-state index in [1.807, 2.05) is 6.92 Å². The van der Waals surface area contributed by atoms with Gasteiger partial charge in [0.1, 0.15) is 5.78 Å². The number of piperidine rings is 1. The lowest BCUT2D eigenvalue weighted by Crippen LogP contribution is -2.41. The van der Waals surface area contributed by atoms with Crippen molar-refractivity contribution >= 4 is 17.2 Å². The summed E-state index contributed by atoms with van der Waals surface area (Å²) in [6, 6.07) is 11.7. The smallest absolute Gasteiger partial charge is 0.269 e. The van der Waals surface area contributed by atoms with Gasteiger partial charge in [0.2, 0.25) is 0 Å². The van der Waals surface area contributed by atoms with Gasteiger partial charge in [-0.2, -0.15) is 0 Å². The van der Waals surface area contributed by atoms with Crippen molar-refractivity contribution in [3.63, 3.8) is 0 Å². The summed E-state index contributed by atoms with van der Waals surface area (Å²) >= 11 is 0. The molecule has 2 aromatic rings. The van der Waals surface area contributed by atoms with Gasteiger partial charge in [0, 0.05) is 48.7 Å². The van der Waals surface area contributed by atoms with E-state index in [0.29, 0.717) is 6.42 Å². The first-order valence-electron chi connectivity index (χ1n) is 8.14. The second kappa shape index (κ2) is 7.01. The summed E-state index contributed by atoms with van der Waals surface area (Å²) in [6.45, 7) is 1.83. The molecule has 1 heterocycles. The molecular formula is C18H17N3O5. The van der Waals surface area contributed by atoms with Gasteiger partial charge in [0.15, 0.2) is 0 Å². The van der Waals surface area contributed by atoms with Crippen molar-refractivity contribution in [2.45, 2.75) is 25.4 Å². The maximum Gasteiger partial charge on any atom is 0.269 e. The Morgan fingerprint density at radius 1 is 0.885 bits per heavy atom. The first-order chi connectivity index (χ1) is 12.4. The molecular weight excluding hydrogens is 338 g/mol. The molecule has 1 N–H and O–H groups in total. The predicted molar refractivity (Wildman–Crippen MR) is 93.6 cm³/mol. The highest BCUT2D eigenvalue weighted by atomic mass is 16.6. The standard InChI is InChI=1S/C18H17N3O5/c1-11-17(22)10-16(12-2-6-14(7-3-12)20(23)24)19-18(11)13-4-8-15(9-5-13)21(25)26/h2-9,11,16,18-19H,10H2,1H3/t11-,16-,18-/m1/s1. The van der Waals surface area contributed by atoms with E-state index >= 15 is 0 Å². The van der Waals surface area contributed by atoms with Gasteiger partial charge in [-0.1, -0.05) is 31.2 Å². The fourth-order valence-electron chi connectivity index (χ4n) is 3.22. The highest BCUT2D eigenvalue weighted by Crippen LogP contribution is 2.35. The normalized spacial score (nSPS) is 22.8. The van der Waals surface area contributed by atoms with Gasteiger partial charge in [-0.25, -0.2) is 0 Å². The SMILES string of the molecule is C[C@@H]1C(=O)C[C@H](c2ccc([N+](=O)[O-])cc2)N[C@H]1c1ccc([N+](=O)[O-])cc1. The molecule has 134 valence electrons. The number of nitro benzene ring substituents is 2. The molecule has 2 aromatic carbocycles. The van der Waals surface area contributed by atoms with Crippen LogP contribution in [0.2, 0.25) is 0 Å².